The molecule has 0 bridgehead atoms. The van der Waals surface area contributed by atoms with Crippen molar-refractivity contribution in [1.29, 1.82) is 0 Å². The molecule has 3 aromatic rings. The molecule has 7 nitrogen and oxygen atoms in total. The molecule has 0 spiro atoms. The Hall–Kier alpha value is -3.74. The first-order chi connectivity index (χ1) is 12.5. The van der Waals surface area contributed by atoms with E-state index in [4.69, 9.17) is 4.42 Å². The number of rotatable bonds is 5. The third-order valence-electron chi connectivity index (χ3n) is 3.56. The summed E-state index contributed by atoms with van der Waals surface area (Å²) in [7, 11) is 0. The predicted octanol–water partition coefficient (Wildman–Crippen LogP) is 4.21. The maximum atomic E-state index is 11.9. The summed E-state index contributed by atoms with van der Waals surface area (Å²) >= 11 is 0. The second-order valence-corrected chi connectivity index (χ2v) is 5.52. The van der Waals surface area contributed by atoms with E-state index in [2.05, 4.69) is 10.3 Å². The van der Waals surface area contributed by atoms with Crippen LogP contribution in [-0.2, 0) is 4.79 Å². The number of pyridine rings is 1. The van der Waals surface area contributed by atoms with Crippen LogP contribution in [0.5, 0.6) is 0 Å². The van der Waals surface area contributed by atoms with Crippen molar-refractivity contribution in [3.63, 3.8) is 0 Å². The lowest BCUT2D eigenvalue weighted by Gasteiger charge is -2.01. The molecule has 1 N–H and O–H groups in total. The Balaban J connectivity index is 1.73. The Morgan fingerprint density at radius 1 is 1.23 bits per heavy atom. The second-order valence-electron chi connectivity index (χ2n) is 5.52. The Bertz CT molecular complexity index is 992. The van der Waals surface area contributed by atoms with Gasteiger partial charge in [-0.2, -0.15) is 0 Å². The van der Waals surface area contributed by atoms with E-state index in [1.165, 1.54) is 18.2 Å². The minimum absolute atomic E-state index is 0.0411. The van der Waals surface area contributed by atoms with E-state index in [1.54, 1.807) is 42.6 Å². The number of nitrogens with one attached hydrogen (secondary N) is 1. The number of hydrogen-bond donors (Lipinski definition) is 1. The van der Waals surface area contributed by atoms with Crippen LogP contribution in [0.3, 0.4) is 0 Å². The molecular formula is C19H15N3O4. The summed E-state index contributed by atoms with van der Waals surface area (Å²) < 4.78 is 5.59. The molecule has 0 unspecified atom stereocenters. The first kappa shape index (κ1) is 17.1. The summed E-state index contributed by atoms with van der Waals surface area (Å²) in [6.07, 6.45) is 4.41. The van der Waals surface area contributed by atoms with Gasteiger partial charge in [-0.3, -0.25) is 14.9 Å². The molecule has 0 saturated heterocycles. The lowest BCUT2D eigenvalue weighted by molar-refractivity contribution is -0.384. The molecule has 0 fully saturated rings. The smallest absolute Gasteiger partial charge is 0.280 e. The van der Waals surface area contributed by atoms with Crippen LogP contribution < -0.4 is 5.32 Å². The standard InChI is InChI=1S/C19H15N3O4/c1-13-10-11-20-18(12-13)21-19(23)9-7-14-6-8-17(26-14)15-4-2-3-5-16(15)22(24)25/h2-12H,1H3,(H,20,21,23)/b9-7+. The van der Waals surface area contributed by atoms with E-state index >= 15 is 0 Å². The van der Waals surface area contributed by atoms with Gasteiger partial charge in [0.05, 0.1) is 10.5 Å². The number of anilines is 1. The zero-order valence-corrected chi connectivity index (χ0v) is 13.9. The van der Waals surface area contributed by atoms with Crippen molar-refractivity contribution >= 4 is 23.5 Å². The number of nitrogens with zero attached hydrogens (tertiary/aromatic N) is 2. The minimum atomic E-state index is -0.463. The average Bonchev–Trinajstić information content (AvgIpc) is 3.09. The number of carbonyl (C=O) groups is 1. The van der Waals surface area contributed by atoms with E-state index in [0.29, 0.717) is 22.9 Å². The number of benzene rings is 1. The normalized spacial score (nSPS) is 10.8. The average molecular weight is 349 g/mol. The van der Waals surface area contributed by atoms with Crippen LogP contribution in [0.1, 0.15) is 11.3 Å². The molecule has 0 saturated carbocycles. The number of amides is 1. The number of para-hydroxylation sites is 1. The zero-order chi connectivity index (χ0) is 18.5. The summed E-state index contributed by atoms with van der Waals surface area (Å²) in [6, 6.07) is 13.2. The number of aromatic nitrogens is 1. The first-order valence-electron chi connectivity index (χ1n) is 7.78. The van der Waals surface area contributed by atoms with Crippen molar-refractivity contribution in [3.05, 3.63) is 82.2 Å². The summed E-state index contributed by atoms with van der Waals surface area (Å²) in [5.74, 6) is 0.870. The Kier molecular flexibility index (Phi) is 4.89. The van der Waals surface area contributed by atoms with Crippen LogP contribution in [0, 0.1) is 17.0 Å². The lowest BCUT2D eigenvalue weighted by Crippen LogP contribution is -2.09. The Morgan fingerprint density at radius 3 is 2.81 bits per heavy atom. The maximum Gasteiger partial charge on any atom is 0.280 e. The van der Waals surface area contributed by atoms with Gasteiger partial charge >= 0.3 is 0 Å². The fraction of sp³-hybridized carbons (Fsp3) is 0.0526. The monoisotopic (exact) mass is 349 g/mol. The molecule has 0 aliphatic rings. The molecule has 26 heavy (non-hydrogen) atoms. The zero-order valence-electron chi connectivity index (χ0n) is 13.9. The maximum absolute atomic E-state index is 11.9. The van der Waals surface area contributed by atoms with Crippen molar-refractivity contribution in [2.24, 2.45) is 0 Å². The fourth-order valence-corrected chi connectivity index (χ4v) is 2.36. The number of carbonyl (C=O) groups excluding carboxylic acids is 1. The summed E-state index contributed by atoms with van der Waals surface area (Å²) in [6.45, 7) is 1.90. The molecular weight excluding hydrogens is 334 g/mol. The van der Waals surface area contributed by atoms with Gasteiger partial charge in [0.25, 0.3) is 5.69 Å². The van der Waals surface area contributed by atoms with Crippen LogP contribution in [0.25, 0.3) is 17.4 Å². The molecule has 2 heterocycles. The van der Waals surface area contributed by atoms with Gasteiger partial charge in [0.1, 0.15) is 17.3 Å². The third kappa shape index (κ3) is 4.02. The predicted molar refractivity (Wildman–Crippen MR) is 97.4 cm³/mol. The summed E-state index contributed by atoms with van der Waals surface area (Å²) in [4.78, 5) is 26.6. The Morgan fingerprint density at radius 2 is 2.04 bits per heavy atom. The summed E-state index contributed by atoms with van der Waals surface area (Å²) in [5, 5.41) is 13.8. The second kappa shape index (κ2) is 7.43. The fourth-order valence-electron chi connectivity index (χ4n) is 2.36. The van der Waals surface area contributed by atoms with Crippen molar-refractivity contribution in [2.45, 2.75) is 6.92 Å². The SMILES string of the molecule is Cc1ccnc(NC(=O)/C=C/c2ccc(-c3ccccc3[N+](=O)[O-])o2)c1. The van der Waals surface area contributed by atoms with Crippen molar-refractivity contribution in [1.82, 2.24) is 4.98 Å². The van der Waals surface area contributed by atoms with Crippen molar-refractivity contribution in [2.75, 3.05) is 5.32 Å². The van der Waals surface area contributed by atoms with E-state index < -0.39 is 4.92 Å². The van der Waals surface area contributed by atoms with Gasteiger partial charge in [-0.15, -0.1) is 0 Å². The number of aryl methyl sites for hydroxylation is 1. The molecule has 1 aromatic carbocycles. The van der Waals surface area contributed by atoms with E-state index in [0.717, 1.165) is 5.56 Å². The number of nitro groups is 1. The molecule has 0 radical (unpaired) electrons. The van der Waals surface area contributed by atoms with Gasteiger partial charge in [0.2, 0.25) is 5.91 Å². The van der Waals surface area contributed by atoms with Crippen LogP contribution in [0.15, 0.2) is 65.2 Å². The minimum Gasteiger partial charge on any atom is -0.456 e. The largest absolute Gasteiger partial charge is 0.456 e. The molecule has 130 valence electrons. The highest BCUT2D eigenvalue weighted by Crippen LogP contribution is 2.31. The molecule has 2 aromatic heterocycles. The van der Waals surface area contributed by atoms with Gasteiger partial charge in [0, 0.05) is 18.3 Å². The number of furan rings is 1. The van der Waals surface area contributed by atoms with E-state index in [1.807, 2.05) is 13.0 Å². The van der Waals surface area contributed by atoms with Gasteiger partial charge in [0.15, 0.2) is 0 Å². The summed E-state index contributed by atoms with van der Waals surface area (Å²) in [5.41, 5.74) is 1.32. The van der Waals surface area contributed by atoms with Crippen LogP contribution >= 0.6 is 0 Å². The quantitative estimate of drug-likeness (QED) is 0.423. The van der Waals surface area contributed by atoms with Gasteiger partial charge in [-0.25, -0.2) is 4.98 Å². The molecule has 0 aliphatic carbocycles. The third-order valence-corrected chi connectivity index (χ3v) is 3.56. The van der Waals surface area contributed by atoms with Crippen molar-refractivity contribution in [3.8, 4) is 11.3 Å². The van der Waals surface area contributed by atoms with Crippen LogP contribution in [0.2, 0.25) is 0 Å². The Labute approximate surface area is 149 Å². The van der Waals surface area contributed by atoms with E-state index in [9.17, 15) is 14.9 Å². The van der Waals surface area contributed by atoms with Crippen LogP contribution in [-0.4, -0.2) is 15.8 Å². The van der Waals surface area contributed by atoms with Gasteiger partial charge in [-0.1, -0.05) is 12.1 Å². The number of hydrogen-bond acceptors (Lipinski definition) is 5. The highest BCUT2D eigenvalue weighted by atomic mass is 16.6. The number of nitro benzene ring substituents is 1. The van der Waals surface area contributed by atoms with Gasteiger partial charge in [-0.05, 0) is 48.9 Å². The first-order valence-corrected chi connectivity index (χ1v) is 7.78. The molecule has 3 rings (SSSR count). The lowest BCUT2D eigenvalue weighted by atomic mass is 10.1. The topological polar surface area (TPSA) is 98.3 Å². The van der Waals surface area contributed by atoms with Gasteiger partial charge < -0.3 is 9.73 Å². The molecule has 0 atom stereocenters. The highest BCUT2D eigenvalue weighted by molar-refractivity contribution is 6.01. The van der Waals surface area contributed by atoms with E-state index in [-0.39, 0.29) is 11.6 Å². The molecule has 1 amide bonds. The molecule has 0 aliphatic heterocycles. The van der Waals surface area contributed by atoms with Crippen LogP contribution in [0.4, 0.5) is 11.5 Å². The molecule has 7 heteroatoms. The highest BCUT2D eigenvalue weighted by Gasteiger charge is 2.16. The van der Waals surface area contributed by atoms with Crippen molar-refractivity contribution < 1.29 is 14.1 Å².